The summed E-state index contributed by atoms with van der Waals surface area (Å²) in [5.41, 5.74) is 20.8. The number of β-amino-alcohol motifs (C(OH)–C–C–N with tert-alkyl or cyclic N) is 1. The molecule has 17 nitrogen and oxygen atoms in total. The fraction of sp³-hybridized carbons (Fsp3) is 0.482. The van der Waals surface area contributed by atoms with Crippen molar-refractivity contribution < 1.29 is 29.7 Å². The van der Waals surface area contributed by atoms with Crippen LogP contribution >= 0.6 is 11.8 Å². The third-order valence-corrected chi connectivity index (χ3v) is 17.5. The van der Waals surface area contributed by atoms with Crippen molar-refractivity contribution in [1.29, 1.82) is 0 Å². The van der Waals surface area contributed by atoms with E-state index in [1.54, 1.807) is 6.07 Å². The van der Waals surface area contributed by atoms with Crippen molar-refractivity contribution in [2.24, 2.45) is 28.2 Å². The minimum absolute atomic E-state index is 0.0504. The number of aromatic hydroxyl groups is 1. The van der Waals surface area contributed by atoms with Gasteiger partial charge in [0.2, 0.25) is 17.8 Å². The summed E-state index contributed by atoms with van der Waals surface area (Å²) in [4.78, 5) is 58.6. The zero-order valence-electron chi connectivity index (χ0n) is 42.9. The Morgan fingerprint density at radius 3 is 2.46 bits per heavy atom. The number of aromatic nitrogens is 5. The van der Waals surface area contributed by atoms with E-state index < -0.39 is 29.6 Å². The summed E-state index contributed by atoms with van der Waals surface area (Å²) in [6.45, 7) is 12.8. The Kier molecular flexibility index (Phi) is 14.1. The molecule has 390 valence electrons. The Morgan fingerprint density at radius 2 is 1.76 bits per heavy atom. The molecule has 18 heteroatoms. The first-order valence-electron chi connectivity index (χ1n) is 26.0. The maximum atomic E-state index is 13.3. The number of aliphatic hydroxyl groups is 1. The van der Waals surface area contributed by atoms with Crippen LogP contribution in [-0.2, 0) is 27.3 Å². The lowest BCUT2D eigenvalue weighted by Gasteiger charge is -2.59. The monoisotopic (exact) mass is 1020 g/mol. The van der Waals surface area contributed by atoms with Gasteiger partial charge in [0, 0.05) is 89.1 Å². The molecular weight excluding hydrogens is 955 g/mol. The number of hydrogen-bond acceptors (Lipinski definition) is 14. The molecule has 0 bridgehead atoms. The number of hydrogen-bond donors (Lipinski definition) is 7. The van der Waals surface area contributed by atoms with Crippen molar-refractivity contribution in [2.45, 2.75) is 129 Å². The van der Waals surface area contributed by atoms with Gasteiger partial charge in [0.1, 0.15) is 11.8 Å². The van der Waals surface area contributed by atoms with Gasteiger partial charge in [-0.25, -0.2) is 9.97 Å². The minimum Gasteiger partial charge on any atom is -0.507 e. The van der Waals surface area contributed by atoms with Gasteiger partial charge in [-0.05, 0) is 129 Å². The van der Waals surface area contributed by atoms with Crippen molar-refractivity contribution in [1.82, 2.24) is 40.3 Å². The average molecular weight is 1020 g/mol. The Hall–Kier alpha value is -6.34. The number of carbonyl (C=O) groups excluding carboxylic acids is 2. The van der Waals surface area contributed by atoms with Gasteiger partial charge < -0.3 is 51.8 Å². The smallest absolute Gasteiger partial charge is 0.306 e. The van der Waals surface area contributed by atoms with Crippen LogP contribution in [0.2, 0.25) is 0 Å². The minimum atomic E-state index is -0.800. The lowest BCUT2D eigenvalue weighted by Crippen LogP contribution is -2.58. The van der Waals surface area contributed by atoms with Crippen LogP contribution < -0.4 is 21.7 Å². The maximum Gasteiger partial charge on any atom is 0.306 e. The number of carbonyl (C=O) groups is 3. The van der Waals surface area contributed by atoms with Crippen LogP contribution in [0.3, 0.4) is 0 Å². The predicted octanol–water partition coefficient (Wildman–Crippen LogP) is 7.07. The number of benzene rings is 2. The Labute approximate surface area is 436 Å². The molecule has 5 aliphatic rings. The molecule has 6 heterocycles. The normalized spacial score (nSPS) is 25.1. The number of piperidine rings is 1. The lowest BCUT2D eigenvalue weighted by atomic mass is 9.49. The number of rotatable bonds is 13. The number of likely N-dealkylation sites (tertiary alicyclic amines) is 2. The van der Waals surface area contributed by atoms with Crippen LogP contribution in [0.25, 0.3) is 33.3 Å². The molecule has 4 fully saturated rings. The van der Waals surface area contributed by atoms with Crippen molar-refractivity contribution in [3.05, 3.63) is 106 Å². The topological polar surface area (TPSA) is 253 Å². The van der Waals surface area contributed by atoms with Gasteiger partial charge >= 0.3 is 5.97 Å². The van der Waals surface area contributed by atoms with Gasteiger partial charge in [-0.15, -0.1) is 10.2 Å². The number of carboxylic acid groups (broad SMARTS) is 1. The number of H-pyrrole nitrogens is 1. The highest BCUT2D eigenvalue weighted by Crippen LogP contribution is 2.60. The third kappa shape index (κ3) is 10.2. The number of carboxylic acids is 1. The second-order valence-electron chi connectivity index (χ2n) is 22.6. The second-order valence-corrected chi connectivity index (χ2v) is 23.5. The molecule has 2 aliphatic carbocycles. The number of fused-ring (bicyclic) bond motifs is 3. The maximum absolute atomic E-state index is 13.3. The van der Waals surface area contributed by atoms with Gasteiger partial charge in [-0.3, -0.25) is 14.4 Å². The summed E-state index contributed by atoms with van der Waals surface area (Å²) in [7, 11) is 0. The number of nitrogens with zero attached hydrogens (tertiary/aromatic N) is 7. The molecule has 0 radical (unpaired) electrons. The quantitative estimate of drug-likeness (QED) is 0.0623. The molecular formula is C56H69N11O6S. The fourth-order valence-electron chi connectivity index (χ4n) is 12.1. The standard InChI is InChI=1S/C56H69N11O6S/c1-31(57)48(36-9-6-34(7-10-36)29-60-51(70)45-23-39(68)30-67(45)52(71)49(58)55(3,4)5)74-21-16-33-8-11-46(69)40(22-33)44-24-41-47-32(2)66(20-15-43(47)61-50(41)64-63-44)54-59-17-12-42(62-54)35-13-18-65(19-14-35)38-27-56(28-38)25-37(26-56)53(72)73/h6-12,16-17,21-22,24,32,35,37-39,45,49,68-69H,13-15,18-20,23,25-30,57-58H2,1-5H3,(H,60,70)(H,61,64)(H,72,73)/b21-16-,48-31-/t32-,37?,38?,39-,45+,49-,56?/m1/s1. The van der Waals surface area contributed by atoms with Gasteiger partial charge in [0.15, 0.2) is 5.65 Å². The number of anilines is 1. The molecule has 4 atom stereocenters. The van der Waals surface area contributed by atoms with Crippen molar-refractivity contribution in [3.8, 4) is 17.0 Å². The number of aliphatic hydroxyl groups excluding tert-OH is 1. The number of aromatic amines is 1. The molecule has 74 heavy (non-hydrogen) atoms. The zero-order valence-corrected chi connectivity index (χ0v) is 43.7. The molecule has 3 aliphatic heterocycles. The molecule has 2 amide bonds. The van der Waals surface area contributed by atoms with E-state index in [0.717, 1.165) is 114 Å². The van der Waals surface area contributed by atoms with Gasteiger partial charge in [0.25, 0.3) is 0 Å². The molecule has 1 spiro atoms. The zero-order chi connectivity index (χ0) is 52.2. The van der Waals surface area contributed by atoms with Crippen molar-refractivity contribution >= 4 is 57.5 Å². The summed E-state index contributed by atoms with van der Waals surface area (Å²) in [5, 5.41) is 45.9. The highest BCUT2D eigenvalue weighted by atomic mass is 32.2. The SMILES string of the molecule is C/C(N)=C(/S/C=C\c1ccc(O)c(-c2cc3c4c([nH]c3nn2)CCN(c2nccc(C3CCN(C5CC6(CC(C(=O)O)C6)C5)CC3)n2)[C@@H]4C)c1)c1ccc(CNC(=O)[C@@H]2C[C@@H](O)CN2C(=O)[C@@H](N)C(C)(C)C)cc1. The molecule has 2 saturated carbocycles. The third-order valence-electron chi connectivity index (χ3n) is 16.4. The van der Waals surface area contributed by atoms with E-state index >= 15 is 0 Å². The molecule has 2 saturated heterocycles. The lowest BCUT2D eigenvalue weighted by molar-refractivity contribution is -0.160. The summed E-state index contributed by atoms with van der Waals surface area (Å²) in [6, 6.07) is 16.2. The van der Waals surface area contributed by atoms with Crippen LogP contribution in [0.15, 0.2) is 71.9 Å². The first-order chi connectivity index (χ1) is 35.3. The van der Waals surface area contributed by atoms with Crippen molar-refractivity contribution in [3.63, 3.8) is 0 Å². The summed E-state index contributed by atoms with van der Waals surface area (Å²) in [5.74, 6) is -0.283. The number of phenolic OH excluding ortho intramolecular Hbond substituents is 1. The highest BCUT2D eigenvalue weighted by Gasteiger charge is 2.56. The number of nitrogens with one attached hydrogen (secondary N) is 2. The van der Waals surface area contributed by atoms with Gasteiger partial charge in [0.05, 0.1) is 29.8 Å². The highest BCUT2D eigenvalue weighted by molar-refractivity contribution is 8.11. The fourth-order valence-corrected chi connectivity index (χ4v) is 12.9. The van der Waals surface area contributed by atoms with E-state index in [2.05, 4.69) is 43.3 Å². The Bertz CT molecular complexity index is 3000. The molecule has 3 aromatic heterocycles. The van der Waals surface area contributed by atoms with E-state index in [1.807, 2.05) is 87.8 Å². The first kappa shape index (κ1) is 51.2. The van der Waals surface area contributed by atoms with Crippen LogP contribution in [0.4, 0.5) is 5.95 Å². The van der Waals surface area contributed by atoms with E-state index in [1.165, 1.54) is 16.7 Å². The van der Waals surface area contributed by atoms with Crippen LogP contribution in [-0.4, -0.2) is 118 Å². The van der Waals surface area contributed by atoms with E-state index in [0.29, 0.717) is 34.6 Å². The summed E-state index contributed by atoms with van der Waals surface area (Å²) < 4.78 is 0. The Morgan fingerprint density at radius 1 is 1.01 bits per heavy atom. The number of amides is 2. The van der Waals surface area contributed by atoms with E-state index in [9.17, 15) is 29.7 Å². The number of thioether (sulfide) groups is 1. The largest absolute Gasteiger partial charge is 0.507 e. The van der Waals surface area contributed by atoms with E-state index in [-0.39, 0.29) is 54.4 Å². The van der Waals surface area contributed by atoms with Crippen LogP contribution in [0.5, 0.6) is 5.75 Å². The number of phenols is 1. The number of allylic oxidation sites excluding steroid dienone is 1. The van der Waals surface area contributed by atoms with Gasteiger partial charge in [-0.2, -0.15) is 0 Å². The number of nitrogens with two attached hydrogens (primary N) is 2. The number of aliphatic carboxylic acids is 1. The van der Waals surface area contributed by atoms with Crippen molar-refractivity contribution in [2.75, 3.05) is 31.1 Å². The van der Waals surface area contributed by atoms with E-state index in [4.69, 9.17) is 21.4 Å². The molecule has 10 rings (SSSR count). The Balaban J connectivity index is 0.766. The average Bonchev–Trinajstić information content (AvgIpc) is 3.94. The molecule has 0 unspecified atom stereocenters. The van der Waals surface area contributed by atoms with Gasteiger partial charge in [-0.1, -0.05) is 62.9 Å². The molecule has 5 aromatic rings. The first-order valence-corrected chi connectivity index (χ1v) is 26.9. The molecule has 9 N–H and O–H groups in total. The second kappa shape index (κ2) is 20.4. The molecule has 2 aromatic carbocycles. The summed E-state index contributed by atoms with van der Waals surface area (Å²) >= 11 is 1.47. The summed E-state index contributed by atoms with van der Waals surface area (Å²) in [6.07, 6.45) is 10.0. The predicted molar refractivity (Wildman–Crippen MR) is 287 cm³/mol. The van der Waals surface area contributed by atoms with Crippen LogP contribution in [0.1, 0.15) is 125 Å². The van der Waals surface area contributed by atoms with Crippen LogP contribution in [0, 0.1) is 16.7 Å².